The van der Waals surface area contributed by atoms with Crippen molar-refractivity contribution in [2.45, 2.75) is 17.8 Å². The second kappa shape index (κ2) is 7.44. The summed E-state index contributed by atoms with van der Waals surface area (Å²) in [4.78, 5) is 33.6. The van der Waals surface area contributed by atoms with Gasteiger partial charge in [-0.2, -0.15) is 4.98 Å². The quantitative estimate of drug-likeness (QED) is 0.596. The summed E-state index contributed by atoms with van der Waals surface area (Å²) in [5.41, 5.74) is -0.0871. The lowest BCUT2D eigenvalue weighted by Crippen LogP contribution is -2.38. The smallest absolute Gasteiger partial charge is 0.329 e. The molecule has 12 heteroatoms. The maximum absolute atomic E-state index is 12.5. The van der Waals surface area contributed by atoms with Gasteiger partial charge >= 0.3 is 5.69 Å². The normalized spacial score (nSPS) is 15.0. The molecule has 27 heavy (non-hydrogen) atoms. The minimum absolute atomic E-state index is 0.391. The molecule has 0 amide bonds. The average molecular weight is 409 g/mol. The third-order valence-corrected chi connectivity index (χ3v) is 6.28. The van der Waals surface area contributed by atoms with E-state index < -0.39 is 11.2 Å². The van der Waals surface area contributed by atoms with Gasteiger partial charge in [0.1, 0.15) is 5.01 Å². The maximum Gasteiger partial charge on any atom is 0.329 e. The van der Waals surface area contributed by atoms with Gasteiger partial charge in [-0.05, 0) is 6.92 Å². The van der Waals surface area contributed by atoms with Gasteiger partial charge in [-0.15, -0.1) is 10.2 Å². The topological polar surface area (TPSA) is 111 Å². The van der Waals surface area contributed by atoms with E-state index in [1.165, 1.54) is 4.57 Å². The first-order valence-electron chi connectivity index (χ1n) is 8.50. The minimum atomic E-state index is -0.468. The fraction of sp³-hybridized carbons (Fsp3) is 0.533. The summed E-state index contributed by atoms with van der Waals surface area (Å²) in [6, 6.07) is 0. The molecule has 0 aliphatic carbocycles. The number of thioether (sulfide) groups is 1. The number of nitrogens with zero attached hydrogens (tertiary/aromatic N) is 6. The number of rotatable bonds is 5. The molecule has 1 aliphatic rings. The number of aromatic amines is 1. The van der Waals surface area contributed by atoms with Crippen molar-refractivity contribution in [2.75, 3.05) is 37.0 Å². The highest BCUT2D eigenvalue weighted by Gasteiger charge is 2.23. The molecule has 1 saturated heterocycles. The summed E-state index contributed by atoms with van der Waals surface area (Å²) in [5.74, 6) is 1.40. The van der Waals surface area contributed by atoms with Gasteiger partial charge in [0.25, 0.3) is 5.56 Å². The zero-order chi connectivity index (χ0) is 19.0. The molecular weight excluding hydrogens is 390 g/mol. The Morgan fingerprint density at radius 2 is 2.04 bits per heavy atom. The molecule has 0 saturated carbocycles. The van der Waals surface area contributed by atoms with Gasteiger partial charge in [0.15, 0.2) is 15.5 Å². The highest BCUT2D eigenvalue weighted by Crippen LogP contribution is 2.25. The van der Waals surface area contributed by atoms with Gasteiger partial charge in [0.2, 0.25) is 5.95 Å². The van der Waals surface area contributed by atoms with E-state index in [1.807, 2.05) is 11.5 Å². The van der Waals surface area contributed by atoms with Crippen LogP contribution >= 0.6 is 23.1 Å². The maximum atomic E-state index is 12.5. The zero-order valence-electron chi connectivity index (χ0n) is 15.0. The van der Waals surface area contributed by atoms with Crippen LogP contribution < -0.4 is 16.1 Å². The average Bonchev–Trinajstić information content (AvgIpc) is 3.25. The second-order valence-corrected chi connectivity index (χ2v) is 8.61. The number of morpholine rings is 1. The molecule has 1 fully saturated rings. The standard InChI is InChI=1S/C15H19N7O3S2/c1-9-18-19-15(27-9)26-8-5-22-10-11(20(2)14(24)17-12(10)23)16-13(22)21-3-6-25-7-4-21/h3-8H2,1-2H3,(H,17,23,24). The summed E-state index contributed by atoms with van der Waals surface area (Å²) in [6.07, 6.45) is 0. The van der Waals surface area contributed by atoms with E-state index in [0.29, 0.717) is 55.7 Å². The van der Waals surface area contributed by atoms with E-state index in [0.717, 1.165) is 9.35 Å². The molecule has 3 aromatic rings. The van der Waals surface area contributed by atoms with Gasteiger partial charge in [-0.1, -0.05) is 23.1 Å². The van der Waals surface area contributed by atoms with Crippen molar-refractivity contribution in [1.29, 1.82) is 0 Å². The first-order chi connectivity index (χ1) is 13.0. The molecule has 3 aromatic heterocycles. The van der Waals surface area contributed by atoms with E-state index in [2.05, 4.69) is 25.1 Å². The molecule has 4 rings (SSSR count). The first kappa shape index (κ1) is 18.2. The monoisotopic (exact) mass is 409 g/mol. The number of anilines is 1. The van der Waals surface area contributed by atoms with Crippen molar-refractivity contribution in [3.8, 4) is 0 Å². The highest BCUT2D eigenvalue weighted by atomic mass is 32.2. The van der Waals surface area contributed by atoms with Crippen LogP contribution in [-0.4, -0.2) is 61.4 Å². The third-order valence-electron chi connectivity index (χ3n) is 4.33. The van der Waals surface area contributed by atoms with Crippen molar-refractivity contribution in [1.82, 2.24) is 29.3 Å². The fourth-order valence-electron chi connectivity index (χ4n) is 3.00. The lowest BCUT2D eigenvalue weighted by Gasteiger charge is -2.28. The van der Waals surface area contributed by atoms with E-state index in [4.69, 9.17) is 4.74 Å². The number of aryl methyl sites for hydroxylation is 3. The molecule has 0 atom stereocenters. The number of nitrogens with one attached hydrogen (secondary N) is 1. The Bertz CT molecular complexity index is 1080. The summed E-state index contributed by atoms with van der Waals surface area (Å²) in [5, 5.41) is 9.06. The van der Waals surface area contributed by atoms with Gasteiger partial charge in [0.05, 0.1) is 13.2 Å². The van der Waals surface area contributed by atoms with E-state index in [9.17, 15) is 9.59 Å². The van der Waals surface area contributed by atoms with Crippen LogP contribution in [0.15, 0.2) is 13.9 Å². The van der Waals surface area contributed by atoms with Crippen molar-refractivity contribution < 1.29 is 4.74 Å². The van der Waals surface area contributed by atoms with Crippen LogP contribution in [0.5, 0.6) is 0 Å². The predicted molar refractivity (Wildman–Crippen MR) is 104 cm³/mol. The second-order valence-electron chi connectivity index (χ2n) is 6.09. The molecule has 4 heterocycles. The number of fused-ring (bicyclic) bond motifs is 1. The molecule has 1 aliphatic heterocycles. The van der Waals surface area contributed by atoms with E-state index >= 15 is 0 Å². The Hall–Kier alpha value is -2.18. The summed E-state index contributed by atoms with van der Waals surface area (Å²) in [6.45, 7) is 5.08. The van der Waals surface area contributed by atoms with Crippen LogP contribution in [-0.2, 0) is 18.3 Å². The molecule has 0 aromatic carbocycles. The van der Waals surface area contributed by atoms with Crippen molar-refractivity contribution >= 4 is 40.2 Å². The Kier molecular flexibility index (Phi) is 5.02. The van der Waals surface area contributed by atoms with Gasteiger partial charge in [-0.25, -0.2) is 4.79 Å². The number of hydrogen-bond donors (Lipinski definition) is 1. The van der Waals surface area contributed by atoms with Crippen molar-refractivity contribution in [3.05, 3.63) is 25.8 Å². The van der Waals surface area contributed by atoms with Crippen LogP contribution in [0.25, 0.3) is 11.2 Å². The highest BCUT2D eigenvalue weighted by molar-refractivity contribution is 8.01. The van der Waals surface area contributed by atoms with Crippen molar-refractivity contribution in [3.63, 3.8) is 0 Å². The molecule has 0 radical (unpaired) electrons. The summed E-state index contributed by atoms with van der Waals surface area (Å²) >= 11 is 3.13. The fourth-order valence-corrected chi connectivity index (χ4v) is 4.81. The lowest BCUT2D eigenvalue weighted by molar-refractivity contribution is 0.121. The molecular formula is C15H19N7O3S2. The van der Waals surface area contributed by atoms with Crippen molar-refractivity contribution in [2.24, 2.45) is 7.05 Å². The number of imidazole rings is 1. The number of aromatic nitrogens is 6. The third kappa shape index (κ3) is 3.51. The van der Waals surface area contributed by atoms with Gasteiger partial charge in [0, 0.05) is 32.4 Å². The SMILES string of the molecule is Cc1nnc(SCCn2c(N3CCOCC3)nc3c2c(=O)[nH]c(=O)n3C)s1. The van der Waals surface area contributed by atoms with Crippen LogP contribution in [0.4, 0.5) is 5.95 Å². The molecule has 0 unspecified atom stereocenters. The number of hydrogen-bond acceptors (Lipinski definition) is 9. The first-order valence-corrected chi connectivity index (χ1v) is 10.3. The number of ether oxygens (including phenoxy) is 1. The van der Waals surface area contributed by atoms with E-state index in [-0.39, 0.29) is 0 Å². The Labute approximate surface area is 162 Å². The molecule has 0 spiro atoms. The molecule has 1 N–H and O–H groups in total. The predicted octanol–water partition coefficient (Wildman–Crippen LogP) is 0.212. The Morgan fingerprint density at radius 1 is 1.26 bits per heavy atom. The Balaban J connectivity index is 1.72. The van der Waals surface area contributed by atoms with Crippen LogP contribution in [0.1, 0.15) is 5.01 Å². The minimum Gasteiger partial charge on any atom is -0.378 e. The van der Waals surface area contributed by atoms with Gasteiger partial charge < -0.3 is 14.2 Å². The molecule has 10 nitrogen and oxygen atoms in total. The van der Waals surface area contributed by atoms with Crippen LogP contribution in [0.2, 0.25) is 0 Å². The number of H-pyrrole nitrogens is 1. The Morgan fingerprint density at radius 3 is 2.74 bits per heavy atom. The molecule has 0 bridgehead atoms. The zero-order valence-corrected chi connectivity index (χ0v) is 16.6. The summed E-state index contributed by atoms with van der Waals surface area (Å²) in [7, 11) is 1.61. The summed E-state index contributed by atoms with van der Waals surface area (Å²) < 4.78 is 9.58. The van der Waals surface area contributed by atoms with Crippen LogP contribution in [0, 0.1) is 6.92 Å². The van der Waals surface area contributed by atoms with Gasteiger partial charge in [-0.3, -0.25) is 14.3 Å². The van der Waals surface area contributed by atoms with Crippen LogP contribution in [0.3, 0.4) is 0 Å². The largest absolute Gasteiger partial charge is 0.378 e. The molecule has 144 valence electrons. The van der Waals surface area contributed by atoms with E-state index in [1.54, 1.807) is 30.1 Å². The lowest BCUT2D eigenvalue weighted by atomic mass is 10.4.